The normalized spacial score (nSPS) is 13.8. The first kappa shape index (κ1) is 20.5. The molecule has 4 rings (SSSR count). The monoisotopic (exact) mass is 424 g/mol. The predicted molar refractivity (Wildman–Crippen MR) is 115 cm³/mol. The SMILES string of the molecule is COc1cc(NC(=O)N2CCN(c3ccc(-c4noc(C)n4)cn3)CC2)cc(OC)c1. The Hall–Kier alpha value is -3.82. The molecule has 3 heterocycles. The van der Waals surface area contributed by atoms with Gasteiger partial charge < -0.3 is 29.1 Å². The minimum Gasteiger partial charge on any atom is -0.497 e. The number of nitrogens with zero attached hydrogens (tertiary/aromatic N) is 5. The van der Waals surface area contributed by atoms with Crippen LogP contribution in [0.25, 0.3) is 11.4 Å². The molecule has 2 aromatic heterocycles. The molecule has 162 valence electrons. The van der Waals surface area contributed by atoms with Crippen LogP contribution in [0.3, 0.4) is 0 Å². The molecule has 10 nitrogen and oxygen atoms in total. The maximum atomic E-state index is 12.7. The fourth-order valence-corrected chi connectivity index (χ4v) is 3.34. The summed E-state index contributed by atoms with van der Waals surface area (Å²) >= 11 is 0. The zero-order valence-electron chi connectivity index (χ0n) is 17.7. The Bertz CT molecular complexity index is 1020. The lowest BCUT2D eigenvalue weighted by Gasteiger charge is -2.35. The van der Waals surface area contributed by atoms with Gasteiger partial charge in [0.05, 0.1) is 14.2 Å². The number of nitrogens with one attached hydrogen (secondary N) is 1. The van der Waals surface area contributed by atoms with Crippen molar-refractivity contribution >= 4 is 17.5 Å². The van der Waals surface area contributed by atoms with Crippen LogP contribution in [0, 0.1) is 6.92 Å². The maximum absolute atomic E-state index is 12.7. The Morgan fingerprint density at radius 3 is 2.32 bits per heavy atom. The summed E-state index contributed by atoms with van der Waals surface area (Å²) in [5.74, 6) is 3.12. The van der Waals surface area contributed by atoms with Crippen molar-refractivity contribution in [2.45, 2.75) is 6.92 Å². The second kappa shape index (κ2) is 8.90. The number of methoxy groups -OCH3 is 2. The Balaban J connectivity index is 1.34. The van der Waals surface area contributed by atoms with Crippen LogP contribution in [0.5, 0.6) is 11.5 Å². The number of piperazine rings is 1. The number of pyridine rings is 1. The number of rotatable bonds is 5. The van der Waals surface area contributed by atoms with Crippen molar-refractivity contribution in [1.29, 1.82) is 0 Å². The zero-order chi connectivity index (χ0) is 21.8. The van der Waals surface area contributed by atoms with E-state index in [1.54, 1.807) is 50.4 Å². The lowest BCUT2D eigenvalue weighted by Crippen LogP contribution is -2.50. The average Bonchev–Trinajstić information content (AvgIpc) is 3.25. The highest BCUT2D eigenvalue weighted by Crippen LogP contribution is 2.26. The van der Waals surface area contributed by atoms with Crippen molar-refractivity contribution in [3.05, 3.63) is 42.4 Å². The second-order valence-electron chi connectivity index (χ2n) is 7.05. The molecule has 0 bridgehead atoms. The van der Waals surface area contributed by atoms with Crippen molar-refractivity contribution in [3.63, 3.8) is 0 Å². The molecule has 31 heavy (non-hydrogen) atoms. The van der Waals surface area contributed by atoms with Crippen LogP contribution < -0.4 is 19.7 Å². The molecule has 1 aliphatic rings. The Labute approximate surface area is 179 Å². The van der Waals surface area contributed by atoms with Gasteiger partial charge in [-0.05, 0) is 12.1 Å². The quantitative estimate of drug-likeness (QED) is 0.667. The fraction of sp³-hybridized carbons (Fsp3) is 0.333. The lowest BCUT2D eigenvalue weighted by molar-refractivity contribution is 0.208. The standard InChI is InChI=1S/C21H24N6O4/c1-14-23-20(25-31-14)15-4-5-19(22-13-15)26-6-8-27(9-7-26)21(28)24-16-10-17(29-2)12-18(11-16)30-3/h4-5,10-13H,6-9H2,1-3H3,(H,24,28). The number of aromatic nitrogens is 3. The minimum absolute atomic E-state index is 0.161. The number of hydrogen-bond acceptors (Lipinski definition) is 8. The average molecular weight is 424 g/mol. The van der Waals surface area contributed by atoms with Gasteiger partial charge in [0.1, 0.15) is 17.3 Å². The summed E-state index contributed by atoms with van der Waals surface area (Å²) in [5, 5.41) is 6.82. The number of hydrogen-bond donors (Lipinski definition) is 1. The summed E-state index contributed by atoms with van der Waals surface area (Å²) < 4.78 is 15.5. The van der Waals surface area contributed by atoms with E-state index in [4.69, 9.17) is 14.0 Å². The van der Waals surface area contributed by atoms with E-state index in [0.717, 1.165) is 11.4 Å². The van der Waals surface area contributed by atoms with E-state index < -0.39 is 0 Å². The molecule has 1 fully saturated rings. The molecule has 1 aliphatic heterocycles. The van der Waals surface area contributed by atoms with Crippen molar-refractivity contribution in [1.82, 2.24) is 20.0 Å². The summed E-state index contributed by atoms with van der Waals surface area (Å²) in [4.78, 5) is 25.3. The van der Waals surface area contributed by atoms with Crippen LogP contribution in [0.4, 0.5) is 16.3 Å². The number of aryl methyl sites for hydroxylation is 1. The zero-order valence-corrected chi connectivity index (χ0v) is 17.7. The van der Waals surface area contributed by atoms with E-state index in [0.29, 0.717) is 55.1 Å². The molecule has 0 spiro atoms. The summed E-state index contributed by atoms with van der Waals surface area (Å²) in [6.07, 6.45) is 1.73. The first-order valence-electron chi connectivity index (χ1n) is 9.86. The van der Waals surface area contributed by atoms with E-state index >= 15 is 0 Å². The largest absolute Gasteiger partial charge is 0.497 e. The fourth-order valence-electron chi connectivity index (χ4n) is 3.34. The van der Waals surface area contributed by atoms with E-state index in [9.17, 15) is 4.79 Å². The number of amides is 2. The minimum atomic E-state index is -0.161. The van der Waals surface area contributed by atoms with Crippen LogP contribution in [0.15, 0.2) is 41.1 Å². The molecule has 10 heteroatoms. The first-order valence-corrected chi connectivity index (χ1v) is 9.86. The Morgan fingerprint density at radius 1 is 1.06 bits per heavy atom. The van der Waals surface area contributed by atoms with Gasteiger partial charge in [0.2, 0.25) is 11.7 Å². The van der Waals surface area contributed by atoms with Gasteiger partial charge in [-0.15, -0.1) is 0 Å². The molecular weight excluding hydrogens is 400 g/mol. The topological polar surface area (TPSA) is 106 Å². The van der Waals surface area contributed by atoms with Crippen molar-refractivity contribution in [2.75, 3.05) is 50.6 Å². The third kappa shape index (κ3) is 4.68. The molecule has 0 unspecified atom stereocenters. The van der Waals surface area contributed by atoms with Crippen molar-refractivity contribution < 1.29 is 18.8 Å². The van der Waals surface area contributed by atoms with Crippen LogP contribution in [0.1, 0.15) is 5.89 Å². The summed E-state index contributed by atoms with van der Waals surface area (Å²) in [5.41, 5.74) is 1.42. The van der Waals surface area contributed by atoms with Gasteiger partial charge in [0, 0.05) is 68.7 Å². The first-order chi connectivity index (χ1) is 15.1. The highest BCUT2D eigenvalue weighted by Gasteiger charge is 2.22. The van der Waals surface area contributed by atoms with E-state index in [-0.39, 0.29) is 6.03 Å². The lowest BCUT2D eigenvalue weighted by atomic mass is 10.2. The van der Waals surface area contributed by atoms with E-state index in [1.807, 2.05) is 12.1 Å². The van der Waals surface area contributed by atoms with Crippen LogP contribution in [-0.2, 0) is 0 Å². The second-order valence-corrected chi connectivity index (χ2v) is 7.05. The molecule has 0 saturated carbocycles. The van der Waals surface area contributed by atoms with Crippen LogP contribution in [0.2, 0.25) is 0 Å². The smallest absolute Gasteiger partial charge is 0.321 e. The molecule has 0 radical (unpaired) electrons. The molecular formula is C21H24N6O4. The Morgan fingerprint density at radius 2 is 1.77 bits per heavy atom. The molecule has 1 saturated heterocycles. The third-order valence-electron chi connectivity index (χ3n) is 5.03. The molecule has 3 aromatic rings. The van der Waals surface area contributed by atoms with Crippen LogP contribution in [-0.4, -0.2) is 66.5 Å². The number of urea groups is 1. The maximum Gasteiger partial charge on any atom is 0.321 e. The van der Waals surface area contributed by atoms with Gasteiger partial charge in [0.25, 0.3) is 0 Å². The number of ether oxygens (including phenoxy) is 2. The molecule has 0 atom stereocenters. The Kier molecular flexibility index (Phi) is 5.87. The number of benzene rings is 1. The molecule has 0 aliphatic carbocycles. The molecule has 2 amide bonds. The highest BCUT2D eigenvalue weighted by atomic mass is 16.5. The molecule has 1 aromatic carbocycles. The predicted octanol–water partition coefficient (Wildman–Crippen LogP) is 2.81. The van der Waals surface area contributed by atoms with Gasteiger partial charge in [-0.3, -0.25) is 0 Å². The third-order valence-corrected chi connectivity index (χ3v) is 5.03. The van der Waals surface area contributed by atoms with E-state index in [1.165, 1.54) is 0 Å². The van der Waals surface area contributed by atoms with Gasteiger partial charge in [0.15, 0.2) is 0 Å². The van der Waals surface area contributed by atoms with Gasteiger partial charge in [-0.1, -0.05) is 5.16 Å². The summed E-state index contributed by atoms with van der Waals surface area (Å²) in [6, 6.07) is 8.96. The number of carbonyl (C=O) groups is 1. The number of anilines is 2. The van der Waals surface area contributed by atoms with Gasteiger partial charge in [-0.2, -0.15) is 4.98 Å². The summed E-state index contributed by atoms with van der Waals surface area (Å²) in [7, 11) is 3.15. The van der Waals surface area contributed by atoms with Gasteiger partial charge >= 0.3 is 6.03 Å². The van der Waals surface area contributed by atoms with Crippen molar-refractivity contribution in [3.8, 4) is 22.9 Å². The van der Waals surface area contributed by atoms with Gasteiger partial charge in [-0.25, -0.2) is 9.78 Å². The van der Waals surface area contributed by atoms with Crippen molar-refractivity contribution in [2.24, 2.45) is 0 Å². The molecule has 1 N–H and O–H groups in total. The highest BCUT2D eigenvalue weighted by molar-refractivity contribution is 5.90. The summed E-state index contributed by atoms with van der Waals surface area (Å²) in [6.45, 7) is 4.28. The van der Waals surface area contributed by atoms with E-state index in [2.05, 4.69) is 25.3 Å². The number of carbonyl (C=O) groups excluding carboxylic acids is 1. The van der Waals surface area contributed by atoms with Crippen LogP contribution >= 0.6 is 0 Å².